The summed E-state index contributed by atoms with van der Waals surface area (Å²) in [5.41, 5.74) is -0.536. The number of amides is 1. The monoisotopic (exact) mass is 484 g/mol. The summed E-state index contributed by atoms with van der Waals surface area (Å²) in [6.07, 6.45) is 3.44. The van der Waals surface area contributed by atoms with E-state index in [-0.39, 0.29) is 22.4 Å². The van der Waals surface area contributed by atoms with E-state index in [0.29, 0.717) is 25.3 Å². The Morgan fingerprint density at radius 1 is 1.33 bits per heavy atom. The van der Waals surface area contributed by atoms with Gasteiger partial charge in [0, 0.05) is 32.2 Å². The highest BCUT2D eigenvalue weighted by atomic mass is 35.5. The molecular formula is C23H37ClN4O5. The number of carbonyl (C=O) groups is 1. The number of anilines is 1. The van der Waals surface area contributed by atoms with Crippen LogP contribution >= 0.6 is 11.6 Å². The summed E-state index contributed by atoms with van der Waals surface area (Å²) in [4.78, 5) is 27.4. The number of rotatable bonds is 11. The van der Waals surface area contributed by atoms with Crippen molar-refractivity contribution in [1.29, 1.82) is 0 Å². The molecule has 0 saturated carbocycles. The second-order valence-electron chi connectivity index (χ2n) is 9.42. The highest BCUT2D eigenvalue weighted by molar-refractivity contribution is 6.35. The van der Waals surface area contributed by atoms with Gasteiger partial charge in [0.2, 0.25) is 0 Å². The largest absolute Gasteiger partial charge is 0.491 e. The van der Waals surface area contributed by atoms with Gasteiger partial charge >= 0.3 is 6.09 Å². The molecule has 9 nitrogen and oxygen atoms in total. The Morgan fingerprint density at radius 3 is 2.58 bits per heavy atom. The van der Waals surface area contributed by atoms with Gasteiger partial charge in [0.15, 0.2) is 0 Å². The molecule has 1 atom stereocenters. The van der Waals surface area contributed by atoms with Crippen molar-refractivity contribution in [3.05, 3.63) is 27.3 Å². The summed E-state index contributed by atoms with van der Waals surface area (Å²) in [7, 11) is 1.65. The highest BCUT2D eigenvalue weighted by Gasteiger charge is 2.26. The van der Waals surface area contributed by atoms with Crippen LogP contribution in [0.1, 0.15) is 53.4 Å². The van der Waals surface area contributed by atoms with Crippen LogP contribution in [0.25, 0.3) is 0 Å². The average Bonchev–Trinajstić information content (AvgIpc) is 3.22. The number of carbonyl (C=O) groups excluding carboxylic acids is 1. The van der Waals surface area contributed by atoms with Gasteiger partial charge < -0.3 is 19.7 Å². The lowest BCUT2D eigenvalue weighted by atomic mass is 10.1. The van der Waals surface area contributed by atoms with Gasteiger partial charge in [0.05, 0.1) is 4.92 Å². The van der Waals surface area contributed by atoms with Crippen LogP contribution in [0.4, 0.5) is 16.2 Å². The molecule has 1 amide bonds. The van der Waals surface area contributed by atoms with Crippen molar-refractivity contribution in [2.45, 2.75) is 65.0 Å². The van der Waals surface area contributed by atoms with Crippen molar-refractivity contribution in [3.63, 3.8) is 0 Å². The van der Waals surface area contributed by atoms with E-state index in [2.05, 4.69) is 10.2 Å². The van der Waals surface area contributed by atoms with Gasteiger partial charge in [-0.3, -0.25) is 15.0 Å². The van der Waals surface area contributed by atoms with Crippen molar-refractivity contribution in [3.8, 4) is 5.75 Å². The van der Waals surface area contributed by atoms with E-state index in [1.54, 1.807) is 27.8 Å². The number of ether oxygens (including phenoxy) is 2. The maximum atomic E-state index is 12.4. The van der Waals surface area contributed by atoms with Gasteiger partial charge in [-0.1, -0.05) is 24.9 Å². The second-order valence-corrected chi connectivity index (χ2v) is 9.79. The normalized spacial score (nSPS) is 15.2. The topological polar surface area (TPSA) is 97.2 Å². The molecule has 33 heavy (non-hydrogen) atoms. The third-order valence-corrected chi connectivity index (χ3v) is 5.71. The van der Waals surface area contributed by atoms with E-state index in [1.807, 2.05) is 6.92 Å². The Hall–Kier alpha value is -2.26. The number of nitro benzene ring substituents is 1. The standard InChI is InChI=1S/C23H37ClN4O5/c1-6-9-17(16-26(5)22(29)33-23(2,3)4)25-21-18(28(30)31)10-11-19(20(21)24)32-15-14-27-12-7-8-13-27/h10-11,17,25H,6-9,12-16H2,1-5H3. The third kappa shape index (κ3) is 8.55. The summed E-state index contributed by atoms with van der Waals surface area (Å²) < 4.78 is 11.3. The molecule has 1 saturated heterocycles. The summed E-state index contributed by atoms with van der Waals surface area (Å²) in [6.45, 7) is 11.1. The van der Waals surface area contributed by atoms with E-state index in [1.165, 1.54) is 29.9 Å². The average molecular weight is 485 g/mol. The maximum absolute atomic E-state index is 12.4. The van der Waals surface area contributed by atoms with E-state index in [4.69, 9.17) is 21.1 Å². The van der Waals surface area contributed by atoms with Crippen molar-refractivity contribution in [1.82, 2.24) is 9.80 Å². The Bertz CT molecular complexity index is 809. The lowest BCUT2D eigenvalue weighted by molar-refractivity contribution is -0.384. The molecule has 2 rings (SSSR count). The lowest BCUT2D eigenvalue weighted by Gasteiger charge is -2.28. The van der Waals surface area contributed by atoms with Gasteiger partial charge in [-0.25, -0.2) is 4.79 Å². The predicted molar refractivity (Wildman–Crippen MR) is 130 cm³/mol. The number of benzene rings is 1. The summed E-state index contributed by atoms with van der Waals surface area (Å²) in [5, 5.41) is 15.1. The van der Waals surface area contributed by atoms with Crippen LogP contribution in [0.3, 0.4) is 0 Å². The molecule has 0 bridgehead atoms. The number of nitrogens with zero attached hydrogens (tertiary/aromatic N) is 3. The summed E-state index contributed by atoms with van der Waals surface area (Å²) >= 11 is 6.57. The van der Waals surface area contributed by atoms with Gasteiger partial charge in [-0.2, -0.15) is 0 Å². The Balaban J connectivity index is 2.15. The van der Waals surface area contributed by atoms with Crippen molar-refractivity contribution in [2.75, 3.05) is 45.2 Å². The first kappa shape index (κ1) is 27.0. The number of hydrogen-bond acceptors (Lipinski definition) is 7. The van der Waals surface area contributed by atoms with Crippen LogP contribution in [0.2, 0.25) is 5.02 Å². The number of nitro groups is 1. The Kier molecular flexibility index (Phi) is 10.0. The Morgan fingerprint density at radius 2 is 2.00 bits per heavy atom. The first-order valence-electron chi connectivity index (χ1n) is 11.5. The van der Waals surface area contributed by atoms with E-state index in [9.17, 15) is 14.9 Å². The van der Waals surface area contributed by atoms with Crippen LogP contribution in [-0.2, 0) is 4.74 Å². The molecule has 0 aromatic heterocycles. The van der Waals surface area contributed by atoms with Gasteiger partial charge in [-0.15, -0.1) is 0 Å². The number of halogens is 1. The summed E-state index contributed by atoms with van der Waals surface area (Å²) in [5.74, 6) is 0.403. The number of hydrogen-bond donors (Lipinski definition) is 1. The minimum absolute atomic E-state index is 0.132. The van der Waals surface area contributed by atoms with E-state index in [0.717, 1.165) is 26.1 Å². The molecule has 0 radical (unpaired) electrons. The maximum Gasteiger partial charge on any atom is 0.410 e. The van der Waals surface area contributed by atoms with E-state index < -0.39 is 16.6 Å². The smallest absolute Gasteiger partial charge is 0.410 e. The molecule has 1 fully saturated rings. The molecule has 1 aliphatic rings. The molecule has 1 aromatic rings. The molecule has 1 heterocycles. The molecule has 1 aromatic carbocycles. The fraction of sp³-hybridized carbons (Fsp3) is 0.696. The van der Waals surface area contributed by atoms with Crippen LogP contribution < -0.4 is 10.1 Å². The van der Waals surface area contributed by atoms with Crippen LogP contribution in [0.5, 0.6) is 5.75 Å². The molecule has 1 unspecified atom stereocenters. The van der Waals surface area contributed by atoms with Crippen LogP contribution in [-0.4, -0.2) is 72.3 Å². The van der Waals surface area contributed by atoms with Crippen LogP contribution in [0.15, 0.2) is 12.1 Å². The SMILES string of the molecule is CCCC(CN(C)C(=O)OC(C)(C)C)Nc1c([N+](=O)[O-])ccc(OCCN2CCCC2)c1Cl. The molecule has 0 aliphatic carbocycles. The summed E-state index contributed by atoms with van der Waals surface area (Å²) in [6, 6.07) is 2.68. The first-order valence-corrected chi connectivity index (χ1v) is 11.9. The van der Waals surface area contributed by atoms with E-state index >= 15 is 0 Å². The number of likely N-dealkylation sites (N-methyl/N-ethyl adjacent to an activating group) is 1. The first-order chi connectivity index (χ1) is 15.5. The molecule has 10 heteroatoms. The molecular weight excluding hydrogens is 448 g/mol. The molecule has 1 aliphatic heterocycles. The lowest BCUT2D eigenvalue weighted by Crippen LogP contribution is -2.41. The zero-order valence-electron chi connectivity index (χ0n) is 20.4. The predicted octanol–water partition coefficient (Wildman–Crippen LogP) is 5.17. The van der Waals surface area contributed by atoms with Crippen molar-refractivity contribution < 1.29 is 19.2 Å². The fourth-order valence-electron chi connectivity index (χ4n) is 3.75. The minimum Gasteiger partial charge on any atom is -0.491 e. The van der Waals surface area contributed by atoms with Gasteiger partial charge in [-0.05, 0) is 59.2 Å². The van der Waals surface area contributed by atoms with Gasteiger partial charge in [0.1, 0.15) is 28.7 Å². The number of likely N-dealkylation sites (tertiary alicyclic amines) is 1. The minimum atomic E-state index is -0.609. The Labute approximate surface area is 201 Å². The fourth-order valence-corrected chi connectivity index (χ4v) is 4.01. The zero-order chi connectivity index (χ0) is 24.6. The van der Waals surface area contributed by atoms with Crippen molar-refractivity contribution >= 4 is 29.1 Å². The highest BCUT2D eigenvalue weighted by Crippen LogP contribution is 2.40. The van der Waals surface area contributed by atoms with Crippen LogP contribution in [0, 0.1) is 10.1 Å². The second kappa shape index (κ2) is 12.3. The molecule has 186 valence electrons. The zero-order valence-corrected chi connectivity index (χ0v) is 21.1. The number of nitrogens with one attached hydrogen (secondary N) is 1. The molecule has 0 spiro atoms. The molecule has 1 N–H and O–H groups in total. The van der Waals surface area contributed by atoms with Crippen molar-refractivity contribution in [2.24, 2.45) is 0 Å². The third-order valence-electron chi connectivity index (χ3n) is 5.33. The van der Waals surface area contributed by atoms with Gasteiger partial charge in [0.25, 0.3) is 5.69 Å². The quantitative estimate of drug-likeness (QED) is 0.341.